The number of nitro groups is 1. The standard InChI is InChI=1S/C11H7N3O6/c15-8-5(2-1-3-7(8)14(19)20)4-6-9(16)12-11(18)13-10(6)17/h1-4,15H,(H2,12,13,16,17,18)/p-1. The van der Waals surface area contributed by atoms with E-state index in [1.54, 1.807) is 0 Å². The Hall–Kier alpha value is -3.23. The zero-order valence-electron chi connectivity index (χ0n) is 9.71. The highest BCUT2D eigenvalue weighted by Gasteiger charge is 2.27. The van der Waals surface area contributed by atoms with E-state index >= 15 is 0 Å². The van der Waals surface area contributed by atoms with E-state index in [9.17, 15) is 29.6 Å². The Bertz CT molecular complexity index is 657. The summed E-state index contributed by atoms with van der Waals surface area (Å²) in [4.78, 5) is 43.5. The Morgan fingerprint density at radius 2 is 1.70 bits per heavy atom. The molecule has 1 aliphatic heterocycles. The molecule has 1 aromatic carbocycles. The van der Waals surface area contributed by atoms with Crippen LogP contribution in [0.2, 0.25) is 0 Å². The second-order valence-electron chi connectivity index (χ2n) is 3.75. The predicted octanol–water partition coefficient (Wildman–Crippen LogP) is -0.582. The number of hydrogen-bond acceptors (Lipinski definition) is 6. The van der Waals surface area contributed by atoms with Crippen LogP contribution in [-0.2, 0) is 9.59 Å². The Morgan fingerprint density at radius 3 is 2.25 bits per heavy atom. The Morgan fingerprint density at radius 1 is 1.10 bits per heavy atom. The van der Waals surface area contributed by atoms with Gasteiger partial charge in [-0.3, -0.25) is 30.3 Å². The minimum absolute atomic E-state index is 0.200. The molecule has 20 heavy (non-hydrogen) atoms. The van der Waals surface area contributed by atoms with Crippen molar-refractivity contribution in [3.8, 4) is 5.75 Å². The molecule has 1 aliphatic rings. The van der Waals surface area contributed by atoms with Crippen LogP contribution in [0.4, 0.5) is 10.5 Å². The summed E-state index contributed by atoms with van der Waals surface area (Å²) in [7, 11) is 0. The number of barbiturate groups is 1. The lowest BCUT2D eigenvalue weighted by Crippen LogP contribution is -2.51. The molecule has 0 atom stereocenters. The minimum Gasteiger partial charge on any atom is -0.867 e. The fourth-order valence-corrected chi connectivity index (χ4v) is 1.56. The molecule has 1 aromatic rings. The summed E-state index contributed by atoms with van der Waals surface area (Å²) in [5.41, 5.74) is -1.36. The lowest BCUT2D eigenvalue weighted by atomic mass is 10.1. The molecule has 0 aromatic heterocycles. The number of imide groups is 2. The van der Waals surface area contributed by atoms with E-state index in [2.05, 4.69) is 0 Å². The molecule has 102 valence electrons. The van der Waals surface area contributed by atoms with Crippen molar-refractivity contribution in [2.75, 3.05) is 0 Å². The van der Waals surface area contributed by atoms with Gasteiger partial charge >= 0.3 is 6.03 Å². The molecule has 4 amide bonds. The van der Waals surface area contributed by atoms with Gasteiger partial charge in [0, 0.05) is 6.07 Å². The second-order valence-corrected chi connectivity index (χ2v) is 3.75. The third-order valence-electron chi connectivity index (χ3n) is 2.46. The number of para-hydroxylation sites is 1. The van der Waals surface area contributed by atoms with Gasteiger partial charge in [-0.25, -0.2) is 4.79 Å². The zero-order valence-corrected chi connectivity index (χ0v) is 9.71. The summed E-state index contributed by atoms with van der Waals surface area (Å²) in [6.45, 7) is 0. The van der Waals surface area contributed by atoms with Crippen molar-refractivity contribution in [3.05, 3.63) is 39.4 Å². The average molecular weight is 276 g/mol. The lowest BCUT2D eigenvalue weighted by molar-refractivity contribution is -0.398. The van der Waals surface area contributed by atoms with E-state index in [-0.39, 0.29) is 5.56 Å². The van der Waals surface area contributed by atoms with Crippen molar-refractivity contribution >= 4 is 29.6 Å². The lowest BCUT2D eigenvalue weighted by Gasteiger charge is -2.15. The molecule has 1 saturated heterocycles. The first-order chi connectivity index (χ1) is 9.40. The number of carbonyl (C=O) groups excluding carboxylic acids is 3. The van der Waals surface area contributed by atoms with Gasteiger partial charge < -0.3 is 5.11 Å². The van der Waals surface area contributed by atoms with Gasteiger partial charge in [-0.05, 0) is 17.4 Å². The highest BCUT2D eigenvalue weighted by atomic mass is 16.6. The van der Waals surface area contributed by atoms with Gasteiger partial charge in [0.2, 0.25) is 0 Å². The van der Waals surface area contributed by atoms with E-state index in [1.807, 2.05) is 10.6 Å². The number of carbonyl (C=O) groups is 3. The van der Waals surface area contributed by atoms with Crippen LogP contribution in [-0.4, -0.2) is 22.8 Å². The average Bonchev–Trinajstić information content (AvgIpc) is 2.35. The maximum absolute atomic E-state index is 11.7. The number of amides is 4. The second kappa shape index (κ2) is 4.80. The highest BCUT2D eigenvalue weighted by Crippen LogP contribution is 2.28. The molecule has 0 bridgehead atoms. The summed E-state index contributed by atoms with van der Waals surface area (Å²) < 4.78 is 0. The van der Waals surface area contributed by atoms with Crippen LogP contribution in [0.1, 0.15) is 5.56 Å². The van der Waals surface area contributed by atoms with E-state index < -0.39 is 39.8 Å². The summed E-state index contributed by atoms with van der Waals surface area (Å²) >= 11 is 0. The summed E-state index contributed by atoms with van der Waals surface area (Å²) in [5, 5.41) is 26.0. The molecule has 0 saturated carbocycles. The normalized spacial score (nSPS) is 14.6. The SMILES string of the molecule is O=C1NC(=O)C(=Cc2cccc([N+](=O)[O-])c2[O-])C(=O)N1. The van der Waals surface area contributed by atoms with Gasteiger partial charge in [0.25, 0.3) is 17.5 Å². The van der Waals surface area contributed by atoms with Crippen molar-refractivity contribution in [3.63, 3.8) is 0 Å². The smallest absolute Gasteiger partial charge is 0.328 e. The van der Waals surface area contributed by atoms with E-state index in [1.165, 1.54) is 12.1 Å². The first kappa shape index (κ1) is 13.2. The molecule has 0 unspecified atom stereocenters. The van der Waals surface area contributed by atoms with Crippen LogP contribution in [0.5, 0.6) is 5.75 Å². The maximum Gasteiger partial charge on any atom is 0.328 e. The molecule has 1 fully saturated rings. The Balaban J connectivity index is 2.48. The largest absolute Gasteiger partial charge is 0.867 e. The van der Waals surface area contributed by atoms with Crippen LogP contribution < -0.4 is 15.7 Å². The fourth-order valence-electron chi connectivity index (χ4n) is 1.56. The van der Waals surface area contributed by atoms with Gasteiger partial charge in [0.1, 0.15) is 5.57 Å². The van der Waals surface area contributed by atoms with Crippen molar-refractivity contribution in [2.45, 2.75) is 0 Å². The molecule has 0 radical (unpaired) electrons. The van der Waals surface area contributed by atoms with Gasteiger partial charge in [-0.1, -0.05) is 12.1 Å². The molecule has 2 rings (SSSR count). The van der Waals surface area contributed by atoms with Gasteiger partial charge in [0.05, 0.1) is 4.92 Å². The molecule has 1 heterocycles. The van der Waals surface area contributed by atoms with Crippen LogP contribution in [0.15, 0.2) is 23.8 Å². The van der Waals surface area contributed by atoms with Crippen molar-refractivity contribution in [1.29, 1.82) is 0 Å². The molecule has 9 heteroatoms. The number of nitro benzene ring substituents is 1. The van der Waals surface area contributed by atoms with Crippen molar-refractivity contribution in [1.82, 2.24) is 10.6 Å². The Labute approximate surface area is 111 Å². The first-order valence-corrected chi connectivity index (χ1v) is 5.23. The van der Waals surface area contributed by atoms with Gasteiger partial charge in [-0.2, -0.15) is 0 Å². The Kier molecular flexibility index (Phi) is 3.17. The summed E-state index contributed by atoms with van der Waals surface area (Å²) in [6.07, 6.45) is 0.895. The maximum atomic E-state index is 11.7. The molecular formula is C11H6N3O6-. The molecule has 9 nitrogen and oxygen atoms in total. The zero-order chi connectivity index (χ0) is 14.9. The van der Waals surface area contributed by atoms with Crippen LogP contribution in [0.3, 0.4) is 0 Å². The van der Waals surface area contributed by atoms with Gasteiger partial charge in [-0.15, -0.1) is 0 Å². The quantitative estimate of drug-likeness (QED) is 0.320. The third-order valence-corrected chi connectivity index (χ3v) is 2.46. The number of hydrogen-bond donors (Lipinski definition) is 2. The van der Waals surface area contributed by atoms with Crippen LogP contribution >= 0.6 is 0 Å². The summed E-state index contributed by atoms with van der Waals surface area (Å²) in [5.74, 6) is -2.89. The van der Waals surface area contributed by atoms with E-state index in [0.717, 1.165) is 12.1 Å². The molecular weight excluding hydrogens is 270 g/mol. The van der Waals surface area contributed by atoms with Gasteiger partial charge in [0.15, 0.2) is 0 Å². The monoisotopic (exact) mass is 276 g/mol. The predicted molar refractivity (Wildman–Crippen MR) is 62.2 cm³/mol. The molecule has 0 spiro atoms. The minimum atomic E-state index is -0.982. The topological polar surface area (TPSA) is 141 Å². The number of benzene rings is 1. The third kappa shape index (κ3) is 2.32. The fraction of sp³-hybridized carbons (Fsp3) is 0. The number of rotatable bonds is 2. The number of nitrogens with one attached hydrogen (secondary N) is 2. The van der Waals surface area contributed by atoms with Crippen molar-refractivity contribution < 1.29 is 24.4 Å². The van der Waals surface area contributed by atoms with E-state index in [4.69, 9.17) is 0 Å². The number of urea groups is 1. The van der Waals surface area contributed by atoms with Crippen LogP contribution in [0.25, 0.3) is 6.08 Å². The number of nitrogens with zero attached hydrogens (tertiary/aromatic N) is 1. The summed E-state index contributed by atoms with van der Waals surface area (Å²) in [6, 6.07) is 2.50. The van der Waals surface area contributed by atoms with E-state index in [0.29, 0.717) is 0 Å². The van der Waals surface area contributed by atoms with Crippen LogP contribution in [0, 0.1) is 10.1 Å². The first-order valence-electron chi connectivity index (χ1n) is 5.23. The van der Waals surface area contributed by atoms with Crippen molar-refractivity contribution in [2.24, 2.45) is 0 Å². The molecule has 0 aliphatic carbocycles. The molecule has 2 N–H and O–H groups in total. The highest BCUT2D eigenvalue weighted by molar-refractivity contribution is 6.31.